The lowest BCUT2D eigenvalue weighted by Gasteiger charge is -2.12. The first kappa shape index (κ1) is 14.1. The Kier molecular flexibility index (Phi) is 3.69. The maximum absolute atomic E-state index is 13.3. The van der Waals surface area contributed by atoms with Gasteiger partial charge < -0.3 is 11.1 Å². The number of hydrogen-bond acceptors (Lipinski definition) is 3. The van der Waals surface area contributed by atoms with Crippen molar-refractivity contribution >= 4 is 55.5 Å². The Hall–Kier alpha value is -1.85. The third-order valence-corrected chi connectivity index (χ3v) is 3.76. The number of para-hydroxylation sites is 1. The van der Waals surface area contributed by atoms with Crippen LogP contribution < -0.4 is 11.1 Å². The monoisotopic (exact) mass is 365 g/mol. The minimum absolute atomic E-state index is 0.0163. The molecule has 0 amide bonds. The number of nitrogens with zero attached hydrogens (tertiary/aromatic N) is 1. The largest absolute Gasteiger partial charge is 0.397 e. The molecule has 0 saturated heterocycles. The molecule has 0 atom stereocenters. The van der Waals surface area contributed by atoms with E-state index in [0.29, 0.717) is 5.69 Å². The summed E-state index contributed by atoms with van der Waals surface area (Å²) < 4.78 is 14.2. The molecule has 3 aromatic rings. The van der Waals surface area contributed by atoms with Gasteiger partial charge in [-0.15, -0.1) is 0 Å². The number of rotatable bonds is 2. The van der Waals surface area contributed by atoms with Crippen molar-refractivity contribution in [3.63, 3.8) is 0 Å². The number of nitrogen functional groups attached to an aromatic ring is 1. The zero-order valence-corrected chi connectivity index (χ0v) is 13.0. The highest BCUT2D eigenvalue weighted by Crippen LogP contribution is 2.31. The summed E-state index contributed by atoms with van der Waals surface area (Å²) in [4.78, 5) is 4.39. The van der Waals surface area contributed by atoms with Crippen molar-refractivity contribution in [1.82, 2.24) is 4.98 Å². The normalized spacial score (nSPS) is 10.8. The number of hydrogen-bond donors (Lipinski definition) is 2. The topological polar surface area (TPSA) is 50.9 Å². The third-order valence-electron chi connectivity index (χ3n) is 3.04. The van der Waals surface area contributed by atoms with Crippen LogP contribution >= 0.6 is 27.5 Å². The Morgan fingerprint density at radius 3 is 2.81 bits per heavy atom. The second-order valence-electron chi connectivity index (χ2n) is 4.51. The van der Waals surface area contributed by atoms with E-state index in [0.717, 1.165) is 21.1 Å². The Balaban J connectivity index is 2.08. The minimum Gasteiger partial charge on any atom is -0.397 e. The van der Waals surface area contributed by atoms with Crippen LogP contribution in [0, 0.1) is 5.82 Å². The summed E-state index contributed by atoms with van der Waals surface area (Å²) in [6, 6.07) is 10.4. The molecule has 0 aliphatic heterocycles. The molecule has 0 aliphatic carbocycles. The van der Waals surface area contributed by atoms with E-state index in [2.05, 4.69) is 26.2 Å². The molecule has 3 nitrogen and oxygen atoms in total. The van der Waals surface area contributed by atoms with E-state index in [9.17, 15) is 4.39 Å². The summed E-state index contributed by atoms with van der Waals surface area (Å²) in [5.41, 5.74) is 8.21. The predicted octanol–water partition coefficient (Wildman–Crippen LogP) is 5.12. The van der Waals surface area contributed by atoms with Crippen LogP contribution in [0.5, 0.6) is 0 Å². The van der Waals surface area contributed by atoms with E-state index >= 15 is 0 Å². The standard InChI is InChI=1S/C15H10BrClFN3/c16-9-4-8-2-1-3-13(15(8)20-7-9)21-14-5-10(17)11(18)6-12(14)19/h1-7,21H,19H2. The van der Waals surface area contributed by atoms with E-state index in [1.165, 1.54) is 12.1 Å². The first-order valence-corrected chi connectivity index (χ1v) is 7.27. The van der Waals surface area contributed by atoms with Crippen LogP contribution in [0.1, 0.15) is 0 Å². The number of nitrogens with one attached hydrogen (secondary N) is 1. The summed E-state index contributed by atoms with van der Waals surface area (Å²) in [6.45, 7) is 0. The average Bonchev–Trinajstić information content (AvgIpc) is 2.44. The Morgan fingerprint density at radius 2 is 2.00 bits per heavy atom. The molecule has 0 bridgehead atoms. The molecule has 1 heterocycles. The van der Waals surface area contributed by atoms with Gasteiger partial charge in [-0.2, -0.15) is 0 Å². The van der Waals surface area contributed by atoms with E-state index in [1.807, 2.05) is 24.3 Å². The molecule has 0 aliphatic rings. The number of pyridine rings is 1. The molecule has 0 saturated carbocycles. The SMILES string of the molecule is Nc1cc(F)c(Cl)cc1Nc1cccc2cc(Br)cnc12. The molecule has 2 aromatic carbocycles. The molecule has 0 unspecified atom stereocenters. The smallest absolute Gasteiger partial charge is 0.143 e. The van der Waals surface area contributed by atoms with Gasteiger partial charge in [-0.05, 0) is 34.1 Å². The van der Waals surface area contributed by atoms with Crippen molar-refractivity contribution in [2.75, 3.05) is 11.1 Å². The van der Waals surface area contributed by atoms with Gasteiger partial charge in [0.2, 0.25) is 0 Å². The van der Waals surface area contributed by atoms with Crippen molar-refractivity contribution in [2.24, 2.45) is 0 Å². The molecule has 0 radical (unpaired) electrons. The van der Waals surface area contributed by atoms with Crippen molar-refractivity contribution < 1.29 is 4.39 Å². The second-order valence-corrected chi connectivity index (χ2v) is 5.83. The Labute approximate surface area is 134 Å². The van der Waals surface area contributed by atoms with Crippen molar-refractivity contribution in [2.45, 2.75) is 0 Å². The summed E-state index contributed by atoms with van der Waals surface area (Å²) in [5.74, 6) is -0.542. The fourth-order valence-corrected chi connectivity index (χ4v) is 2.56. The van der Waals surface area contributed by atoms with Crippen molar-refractivity contribution in [3.8, 4) is 0 Å². The summed E-state index contributed by atoms with van der Waals surface area (Å²) >= 11 is 9.19. The third kappa shape index (κ3) is 2.80. The van der Waals surface area contributed by atoms with Gasteiger partial charge in [0, 0.05) is 22.1 Å². The van der Waals surface area contributed by atoms with Gasteiger partial charge in [0.05, 0.1) is 27.6 Å². The maximum Gasteiger partial charge on any atom is 0.143 e. The average molecular weight is 367 g/mol. The Morgan fingerprint density at radius 1 is 1.19 bits per heavy atom. The van der Waals surface area contributed by atoms with Gasteiger partial charge in [-0.1, -0.05) is 23.7 Å². The number of aromatic nitrogens is 1. The molecule has 106 valence electrons. The molecule has 0 spiro atoms. The fraction of sp³-hybridized carbons (Fsp3) is 0. The number of fused-ring (bicyclic) bond motifs is 1. The highest BCUT2D eigenvalue weighted by molar-refractivity contribution is 9.10. The van der Waals surface area contributed by atoms with Crippen LogP contribution in [-0.2, 0) is 0 Å². The van der Waals surface area contributed by atoms with Crippen LogP contribution in [0.3, 0.4) is 0 Å². The minimum atomic E-state index is -0.542. The summed E-state index contributed by atoms with van der Waals surface area (Å²) in [7, 11) is 0. The molecule has 6 heteroatoms. The molecule has 3 rings (SSSR count). The van der Waals surface area contributed by atoms with E-state index in [4.69, 9.17) is 17.3 Å². The second kappa shape index (κ2) is 5.50. The highest BCUT2D eigenvalue weighted by Gasteiger charge is 2.09. The zero-order valence-electron chi connectivity index (χ0n) is 10.7. The first-order chi connectivity index (χ1) is 10.0. The number of anilines is 3. The predicted molar refractivity (Wildman–Crippen MR) is 88.5 cm³/mol. The van der Waals surface area contributed by atoms with Crippen molar-refractivity contribution in [3.05, 3.63) is 57.9 Å². The number of nitrogens with two attached hydrogens (primary N) is 1. The van der Waals surface area contributed by atoms with E-state index in [1.54, 1.807) is 6.20 Å². The molecular formula is C15H10BrClFN3. The fourth-order valence-electron chi connectivity index (χ4n) is 2.05. The molecular weight excluding hydrogens is 357 g/mol. The first-order valence-electron chi connectivity index (χ1n) is 6.10. The Bertz CT molecular complexity index is 839. The molecule has 3 N–H and O–H groups in total. The van der Waals surface area contributed by atoms with Gasteiger partial charge >= 0.3 is 0 Å². The van der Waals surface area contributed by atoms with Gasteiger partial charge in [-0.25, -0.2) is 4.39 Å². The van der Waals surface area contributed by atoms with Crippen LogP contribution in [-0.4, -0.2) is 4.98 Å². The van der Waals surface area contributed by atoms with Gasteiger partial charge in [0.25, 0.3) is 0 Å². The molecule has 1 aromatic heterocycles. The summed E-state index contributed by atoms with van der Waals surface area (Å²) in [6.07, 6.45) is 1.72. The van der Waals surface area contributed by atoms with Crippen LogP contribution in [0.25, 0.3) is 10.9 Å². The highest BCUT2D eigenvalue weighted by atomic mass is 79.9. The van der Waals surface area contributed by atoms with Crippen LogP contribution in [0.2, 0.25) is 5.02 Å². The molecule has 0 fully saturated rings. The van der Waals surface area contributed by atoms with Gasteiger partial charge in [0.15, 0.2) is 0 Å². The summed E-state index contributed by atoms with van der Waals surface area (Å²) in [5, 5.41) is 4.14. The van der Waals surface area contributed by atoms with Gasteiger partial charge in [-0.3, -0.25) is 4.98 Å². The zero-order chi connectivity index (χ0) is 15.0. The lowest BCUT2D eigenvalue weighted by Crippen LogP contribution is -1.98. The number of benzene rings is 2. The number of halogens is 3. The lowest BCUT2D eigenvalue weighted by molar-refractivity contribution is 0.629. The van der Waals surface area contributed by atoms with E-state index in [-0.39, 0.29) is 10.7 Å². The lowest BCUT2D eigenvalue weighted by atomic mass is 10.2. The molecule has 21 heavy (non-hydrogen) atoms. The maximum atomic E-state index is 13.3. The van der Waals surface area contributed by atoms with Crippen LogP contribution in [0.15, 0.2) is 47.1 Å². The van der Waals surface area contributed by atoms with Crippen LogP contribution in [0.4, 0.5) is 21.5 Å². The quantitative estimate of drug-likeness (QED) is 0.619. The van der Waals surface area contributed by atoms with Crippen molar-refractivity contribution in [1.29, 1.82) is 0 Å². The van der Waals surface area contributed by atoms with E-state index < -0.39 is 5.82 Å². The van der Waals surface area contributed by atoms with Gasteiger partial charge in [0.1, 0.15) is 5.82 Å².